The molecule has 78 valence electrons. The second-order valence-electron chi connectivity index (χ2n) is 4.81. The van der Waals surface area contributed by atoms with Crippen molar-refractivity contribution < 1.29 is 5.11 Å². The molecule has 0 aromatic rings. The van der Waals surface area contributed by atoms with Gasteiger partial charge in [0.25, 0.3) is 0 Å². The van der Waals surface area contributed by atoms with Gasteiger partial charge in [-0.05, 0) is 26.9 Å². The Morgan fingerprint density at radius 1 is 1.08 bits per heavy atom. The summed E-state index contributed by atoms with van der Waals surface area (Å²) < 4.78 is 0. The fourth-order valence-corrected chi connectivity index (χ4v) is 2.52. The second kappa shape index (κ2) is 4.97. The van der Waals surface area contributed by atoms with E-state index in [-0.39, 0.29) is 5.41 Å². The molecule has 0 aromatic carbocycles. The molecule has 1 rings (SSSR count). The summed E-state index contributed by atoms with van der Waals surface area (Å²) in [5.74, 6) is 0. The first-order valence-corrected chi connectivity index (χ1v) is 5.44. The molecule has 0 atom stereocenters. The monoisotopic (exact) mass is 185 g/mol. The van der Waals surface area contributed by atoms with Gasteiger partial charge in [-0.3, -0.25) is 0 Å². The minimum absolute atomic E-state index is 0.208. The summed E-state index contributed by atoms with van der Waals surface area (Å²) in [5, 5.41) is 9.49. The number of rotatable bonds is 3. The predicted molar refractivity (Wildman–Crippen MR) is 55.8 cm³/mol. The standard InChI is InChI=1S/C11H23NO/c1-12(2)9-11(10-13)7-5-3-4-6-8-11/h13H,3-10H2,1-2H3. The predicted octanol–water partition coefficient (Wildman–Crippen LogP) is 1.88. The highest BCUT2D eigenvalue weighted by Gasteiger charge is 2.30. The van der Waals surface area contributed by atoms with Crippen LogP contribution in [0.15, 0.2) is 0 Å². The SMILES string of the molecule is CN(C)CC1(CO)CCCCCC1. The van der Waals surface area contributed by atoms with Gasteiger partial charge in [-0.15, -0.1) is 0 Å². The van der Waals surface area contributed by atoms with E-state index < -0.39 is 0 Å². The third-order valence-electron chi connectivity index (χ3n) is 3.15. The van der Waals surface area contributed by atoms with E-state index in [9.17, 15) is 5.11 Å². The fraction of sp³-hybridized carbons (Fsp3) is 1.00. The molecule has 2 nitrogen and oxygen atoms in total. The molecule has 0 amide bonds. The smallest absolute Gasteiger partial charge is 0.0499 e. The van der Waals surface area contributed by atoms with E-state index in [1.807, 2.05) is 0 Å². The van der Waals surface area contributed by atoms with E-state index in [1.54, 1.807) is 0 Å². The van der Waals surface area contributed by atoms with E-state index in [4.69, 9.17) is 0 Å². The Kier molecular flexibility index (Phi) is 4.20. The maximum atomic E-state index is 9.49. The van der Waals surface area contributed by atoms with Gasteiger partial charge in [0.2, 0.25) is 0 Å². The van der Waals surface area contributed by atoms with Crippen molar-refractivity contribution in [3.63, 3.8) is 0 Å². The molecule has 1 fully saturated rings. The van der Waals surface area contributed by atoms with Gasteiger partial charge in [0.15, 0.2) is 0 Å². The van der Waals surface area contributed by atoms with Crippen LogP contribution in [-0.2, 0) is 0 Å². The molecule has 0 heterocycles. The van der Waals surface area contributed by atoms with E-state index in [0.717, 1.165) is 6.54 Å². The molecule has 0 spiro atoms. The van der Waals surface area contributed by atoms with Gasteiger partial charge in [0, 0.05) is 18.6 Å². The Bertz CT molecular complexity index is 137. The number of hydrogen-bond acceptors (Lipinski definition) is 2. The zero-order valence-electron chi connectivity index (χ0n) is 9.05. The van der Waals surface area contributed by atoms with E-state index in [2.05, 4.69) is 19.0 Å². The molecule has 2 heteroatoms. The van der Waals surface area contributed by atoms with E-state index in [0.29, 0.717) is 6.61 Å². The molecule has 1 saturated carbocycles. The third kappa shape index (κ3) is 3.28. The molecule has 0 aliphatic heterocycles. The van der Waals surface area contributed by atoms with E-state index >= 15 is 0 Å². The first-order chi connectivity index (χ1) is 6.18. The lowest BCUT2D eigenvalue weighted by molar-refractivity contribution is 0.0767. The van der Waals surface area contributed by atoms with Gasteiger partial charge in [-0.1, -0.05) is 25.7 Å². The van der Waals surface area contributed by atoms with Gasteiger partial charge in [0.05, 0.1) is 0 Å². The van der Waals surface area contributed by atoms with Crippen molar-refractivity contribution in [3.05, 3.63) is 0 Å². The molecule has 1 aliphatic carbocycles. The zero-order valence-corrected chi connectivity index (χ0v) is 9.05. The summed E-state index contributed by atoms with van der Waals surface area (Å²) in [7, 11) is 4.20. The van der Waals surface area contributed by atoms with Crippen LogP contribution >= 0.6 is 0 Å². The van der Waals surface area contributed by atoms with Crippen molar-refractivity contribution in [1.82, 2.24) is 4.90 Å². The largest absolute Gasteiger partial charge is 0.396 e. The Morgan fingerprint density at radius 2 is 1.62 bits per heavy atom. The minimum atomic E-state index is 0.208. The van der Waals surface area contributed by atoms with Crippen molar-refractivity contribution in [1.29, 1.82) is 0 Å². The lowest BCUT2D eigenvalue weighted by Crippen LogP contribution is -2.36. The zero-order chi connectivity index (χ0) is 9.73. The van der Waals surface area contributed by atoms with Crippen LogP contribution < -0.4 is 0 Å². The normalized spacial score (nSPS) is 23.1. The molecule has 1 N–H and O–H groups in total. The molecule has 13 heavy (non-hydrogen) atoms. The van der Waals surface area contributed by atoms with Crippen LogP contribution in [0.4, 0.5) is 0 Å². The van der Waals surface area contributed by atoms with E-state index in [1.165, 1.54) is 38.5 Å². The summed E-state index contributed by atoms with van der Waals surface area (Å²) in [6, 6.07) is 0. The third-order valence-corrected chi connectivity index (χ3v) is 3.15. The molecule has 0 unspecified atom stereocenters. The van der Waals surface area contributed by atoms with Gasteiger partial charge in [0.1, 0.15) is 0 Å². The molecule has 0 bridgehead atoms. The first kappa shape index (κ1) is 11.0. The van der Waals surface area contributed by atoms with Crippen LogP contribution in [0.3, 0.4) is 0 Å². The first-order valence-electron chi connectivity index (χ1n) is 5.44. The van der Waals surface area contributed by atoms with Gasteiger partial charge < -0.3 is 10.0 Å². The van der Waals surface area contributed by atoms with Crippen molar-refractivity contribution >= 4 is 0 Å². The van der Waals surface area contributed by atoms with Crippen LogP contribution in [-0.4, -0.2) is 37.3 Å². The van der Waals surface area contributed by atoms with Crippen molar-refractivity contribution in [2.24, 2.45) is 5.41 Å². The molecular formula is C11H23NO. The maximum Gasteiger partial charge on any atom is 0.0499 e. The summed E-state index contributed by atoms with van der Waals surface area (Å²) >= 11 is 0. The van der Waals surface area contributed by atoms with Crippen LogP contribution in [0.25, 0.3) is 0 Å². The van der Waals surface area contributed by atoms with Crippen LogP contribution in [0.1, 0.15) is 38.5 Å². The van der Waals surface area contributed by atoms with Crippen molar-refractivity contribution in [3.8, 4) is 0 Å². The summed E-state index contributed by atoms with van der Waals surface area (Å²) in [6.07, 6.45) is 7.73. The number of nitrogens with zero attached hydrogens (tertiary/aromatic N) is 1. The Balaban J connectivity index is 2.53. The maximum absolute atomic E-state index is 9.49. The number of aliphatic hydroxyl groups is 1. The lowest BCUT2D eigenvalue weighted by Gasteiger charge is -2.33. The summed E-state index contributed by atoms with van der Waals surface area (Å²) in [5.41, 5.74) is 0.208. The molecular weight excluding hydrogens is 162 g/mol. The Morgan fingerprint density at radius 3 is 2.00 bits per heavy atom. The van der Waals surface area contributed by atoms with Crippen LogP contribution in [0.5, 0.6) is 0 Å². The number of hydrogen-bond donors (Lipinski definition) is 1. The van der Waals surface area contributed by atoms with Gasteiger partial charge in [-0.2, -0.15) is 0 Å². The average molecular weight is 185 g/mol. The fourth-order valence-electron chi connectivity index (χ4n) is 2.52. The average Bonchev–Trinajstić information content (AvgIpc) is 2.30. The molecule has 1 aliphatic rings. The molecule has 0 aromatic heterocycles. The molecule has 0 saturated heterocycles. The van der Waals surface area contributed by atoms with Crippen LogP contribution in [0, 0.1) is 5.41 Å². The Hall–Kier alpha value is -0.0800. The highest BCUT2D eigenvalue weighted by atomic mass is 16.3. The van der Waals surface area contributed by atoms with Gasteiger partial charge in [-0.25, -0.2) is 0 Å². The summed E-state index contributed by atoms with van der Waals surface area (Å²) in [6.45, 7) is 1.41. The number of aliphatic hydroxyl groups excluding tert-OH is 1. The van der Waals surface area contributed by atoms with Gasteiger partial charge >= 0.3 is 0 Å². The molecule has 0 radical (unpaired) electrons. The second-order valence-corrected chi connectivity index (χ2v) is 4.81. The lowest BCUT2D eigenvalue weighted by atomic mass is 9.81. The summed E-state index contributed by atoms with van der Waals surface area (Å²) in [4.78, 5) is 2.21. The van der Waals surface area contributed by atoms with Crippen molar-refractivity contribution in [2.75, 3.05) is 27.2 Å². The topological polar surface area (TPSA) is 23.5 Å². The highest BCUT2D eigenvalue weighted by Crippen LogP contribution is 2.34. The quantitative estimate of drug-likeness (QED) is 0.679. The van der Waals surface area contributed by atoms with Crippen LogP contribution in [0.2, 0.25) is 0 Å². The highest BCUT2D eigenvalue weighted by molar-refractivity contribution is 4.82. The minimum Gasteiger partial charge on any atom is -0.396 e. The van der Waals surface area contributed by atoms with Crippen molar-refractivity contribution in [2.45, 2.75) is 38.5 Å². The Labute approximate surface area is 81.9 Å².